The Balaban J connectivity index is 2.27. The van der Waals surface area contributed by atoms with E-state index in [4.69, 9.17) is 9.05 Å². The van der Waals surface area contributed by atoms with E-state index in [0.29, 0.717) is 5.56 Å². The summed E-state index contributed by atoms with van der Waals surface area (Å²) in [6.07, 6.45) is 0.169. The van der Waals surface area contributed by atoms with Gasteiger partial charge in [-0.2, -0.15) is 0 Å². The molecular weight excluding hydrogens is 315 g/mol. The van der Waals surface area contributed by atoms with E-state index in [1.807, 2.05) is 19.9 Å². The van der Waals surface area contributed by atoms with Gasteiger partial charge >= 0.3 is 0 Å². The summed E-state index contributed by atoms with van der Waals surface area (Å²) in [4.78, 5) is 37.0. The number of carbonyl (C=O) groups excluding carboxylic acids is 2. The molecule has 0 aromatic heterocycles. The standard InChI is InChI=1S/C17H23O5P/c1-13(18)9-10-15(19)16(14-7-5-4-6-8-14)23(20)21-11-17(2,3)12-22-23/h4-8,16H,9-12H2,1-3H3. The molecule has 5 nitrogen and oxygen atoms in total. The Bertz CT molecular complexity index is 560. The molecule has 23 heavy (non-hydrogen) atoms. The van der Waals surface area contributed by atoms with Crippen LogP contribution in [0.4, 0.5) is 0 Å². The average molecular weight is 338 g/mol. The number of carbonyl (C=O) groups is 2. The van der Waals surface area contributed by atoms with Crippen LogP contribution in [0.25, 0.3) is 0 Å². The number of hydrogen-bond donors (Lipinski definition) is 0. The van der Waals surface area contributed by atoms with Crippen LogP contribution < -0.4 is 4.89 Å². The van der Waals surface area contributed by atoms with E-state index < -0.39 is 13.6 Å². The van der Waals surface area contributed by atoms with Crippen molar-refractivity contribution in [3.8, 4) is 0 Å². The molecule has 1 aromatic rings. The van der Waals surface area contributed by atoms with Gasteiger partial charge in [0.2, 0.25) is 5.66 Å². The monoisotopic (exact) mass is 338 g/mol. The van der Waals surface area contributed by atoms with Crippen molar-refractivity contribution >= 4 is 19.5 Å². The molecule has 1 saturated heterocycles. The summed E-state index contributed by atoms with van der Waals surface area (Å²) in [5, 5.41) is 0. The highest BCUT2D eigenvalue weighted by molar-refractivity contribution is 7.60. The van der Waals surface area contributed by atoms with Crippen LogP contribution in [-0.4, -0.2) is 24.8 Å². The number of Topliss-reactive ketones (excluding diaryl/α,β-unsaturated/α-hetero) is 2. The highest BCUT2D eigenvalue weighted by atomic mass is 31.2. The van der Waals surface area contributed by atoms with Crippen LogP contribution in [0.5, 0.6) is 0 Å². The first-order chi connectivity index (χ1) is 10.7. The molecule has 1 aliphatic rings. The maximum Gasteiger partial charge on any atom is 0.252 e. The van der Waals surface area contributed by atoms with Crippen LogP contribution in [0.2, 0.25) is 0 Å². The van der Waals surface area contributed by atoms with Gasteiger partial charge in [-0.3, -0.25) is 4.79 Å². The van der Waals surface area contributed by atoms with Gasteiger partial charge in [-0.05, 0) is 6.92 Å². The molecule has 126 valence electrons. The summed E-state index contributed by atoms with van der Waals surface area (Å²) >= 11 is 0. The minimum atomic E-state index is -3.60. The fourth-order valence-corrected chi connectivity index (χ4v) is 4.82. The summed E-state index contributed by atoms with van der Waals surface area (Å²) in [5.74, 6) is -0.357. The molecule has 0 aliphatic carbocycles. The minimum Gasteiger partial charge on any atom is -0.631 e. The van der Waals surface area contributed by atoms with Crippen molar-refractivity contribution in [1.29, 1.82) is 0 Å². The first-order valence-corrected chi connectivity index (χ1v) is 9.31. The van der Waals surface area contributed by atoms with Crippen molar-refractivity contribution in [2.24, 2.45) is 5.41 Å². The molecule has 0 bridgehead atoms. The van der Waals surface area contributed by atoms with Crippen molar-refractivity contribution < 1.29 is 23.5 Å². The SMILES string of the molecule is CC(=O)CCC(=O)C(c1ccccc1)[P+]1([O-])OCC(C)(C)CO1. The normalized spacial score (nSPS) is 20.7. The van der Waals surface area contributed by atoms with Crippen LogP contribution in [0.1, 0.15) is 44.8 Å². The van der Waals surface area contributed by atoms with Gasteiger partial charge < -0.3 is 9.69 Å². The molecule has 0 radical (unpaired) electrons. The van der Waals surface area contributed by atoms with Gasteiger partial charge in [0, 0.05) is 23.8 Å². The second-order valence-corrected chi connectivity index (χ2v) is 8.84. The lowest BCUT2D eigenvalue weighted by Gasteiger charge is -2.41. The number of ketones is 2. The van der Waals surface area contributed by atoms with Crippen molar-refractivity contribution in [3.63, 3.8) is 0 Å². The largest absolute Gasteiger partial charge is 0.631 e. The lowest BCUT2D eigenvalue weighted by molar-refractivity contribution is -0.236. The maximum atomic E-state index is 13.2. The van der Waals surface area contributed by atoms with Gasteiger partial charge in [-0.1, -0.05) is 44.2 Å². The Hall–Kier alpha value is -1.13. The van der Waals surface area contributed by atoms with Gasteiger partial charge in [0.15, 0.2) is 5.78 Å². The third-order valence-corrected chi connectivity index (χ3v) is 5.93. The lowest BCUT2D eigenvalue weighted by Crippen LogP contribution is -2.38. The van der Waals surface area contributed by atoms with E-state index in [0.717, 1.165) is 0 Å². The second-order valence-electron chi connectivity index (χ2n) is 6.73. The van der Waals surface area contributed by atoms with E-state index in [2.05, 4.69) is 0 Å². The molecule has 1 fully saturated rings. The highest BCUT2D eigenvalue weighted by Crippen LogP contribution is 2.68. The minimum absolute atomic E-state index is 0.0367. The summed E-state index contributed by atoms with van der Waals surface area (Å²) < 4.78 is 11.1. The van der Waals surface area contributed by atoms with E-state index >= 15 is 0 Å². The Morgan fingerprint density at radius 2 is 1.74 bits per heavy atom. The summed E-state index contributed by atoms with van der Waals surface area (Å²) in [7, 11) is -3.60. The van der Waals surface area contributed by atoms with Crippen molar-refractivity contribution in [1.82, 2.24) is 0 Å². The molecule has 0 N–H and O–H groups in total. The van der Waals surface area contributed by atoms with Crippen LogP contribution in [0.3, 0.4) is 0 Å². The van der Waals surface area contributed by atoms with Crippen LogP contribution in [-0.2, 0) is 18.6 Å². The third-order valence-electron chi connectivity index (χ3n) is 3.73. The molecule has 0 saturated carbocycles. The van der Waals surface area contributed by atoms with Gasteiger partial charge in [0.25, 0.3) is 7.94 Å². The lowest BCUT2D eigenvalue weighted by atomic mass is 9.97. The van der Waals surface area contributed by atoms with Gasteiger partial charge in [0.05, 0.1) is 0 Å². The highest BCUT2D eigenvalue weighted by Gasteiger charge is 2.51. The van der Waals surface area contributed by atoms with Crippen LogP contribution in [0.15, 0.2) is 30.3 Å². The third kappa shape index (κ3) is 4.67. The zero-order valence-electron chi connectivity index (χ0n) is 13.8. The smallest absolute Gasteiger partial charge is 0.252 e. The molecule has 1 aliphatic heterocycles. The van der Waals surface area contributed by atoms with E-state index in [1.54, 1.807) is 24.3 Å². The quantitative estimate of drug-likeness (QED) is 0.746. The Kier molecular flexibility index (Phi) is 5.69. The number of rotatable bonds is 6. The molecule has 0 amide bonds. The fraction of sp³-hybridized carbons (Fsp3) is 0.529. The summed E-state index contributed by atoms with van der Waals surface area (Å²) in [5.41, 5.74) is -0.611. The predicted octanol–water partition coefficient (Wildman–Crippen LogP) is 2.86. The second kappa shape index (κ2) is 7.18. The average Bonchev–Trinajstić information content (AvgIpc) is 2.50. The Labute approximate surface area is 137 Å². The van der Waals surface area contributed by atoms with Crippen LogP contribution in [0, 0.1) is 5.41 Å². The molecule has 6 heteroatoms. The zero-order chi connectivity index (χ0) is 17.1. The molecule has 0 spiro atoms. The van der Waals surface area contributed by atoms with Gasteiger partial charge in [0.1, 0.15) is 19.0 Å². The maximum absolute atomic E-state index is 13.2. The first kappa shape index (κ1) is 18.2. The van der Waals surface area contributed by atoms with Gasteiger partial charge in [-0.15, -0.1) is 0 Å². The van der Waals surface area contributed by atoms with Crippen molar-refractivity contribution in [2.45, 2.75) is 39.3 Å². The predicted molar refractivity (Wildman–Crippen MR) is 86.7 cm³/mol. The number of benzene rings is 1. The molecule has 1 unspecified atom stereocenters. The molecule has 1 heterocycles. The first-order valence-electron chi connectivity index (χ1n) is 7.69. The zero-order valence-corrected chi connectivity index (χ0v) is 14.7. The summed E-state index contributed by atoms with van der Waals surface area (Å²) in [6.45, 7) is 5.88. The molecular formula is C17H23O5P. The Morgan fingerprint density at radius 1 is 1.17 bits per heavy atom. The van der Waals surface area contributed by atoms with E-state index in [1.165, 1.54) is 6.92 Å². The van der Waals surface area contributed by atoms with E-state index in [-0.39, 0.29) is 43.0 Å². The topological polar surface area (TPSA) is 75.7 Å². The summed E-state index contributed by atoms with van der Waals surface area (Å²) in [6, 6.07) is 8.86. The number of hydrogen-bond acceptors (Lipinski definition) is 5. The molecule has 2 rings (SSSR count). The van der Waals surface area contributed by atoms with Crippen LogP contribution >= 0.6 is 7.94 Å². The van der Waals surface area contributed by atoms with Gasteiger partial charge in [-0.25, -0.2) is 9.05 Å². The molecule has 1 aromatic carbocycles. The van der Waals surface area contributed by atoms with Crippen molar-refractivity contribution in [3.05, 3.63) is 35.9 Å². The van der Waals surface area contributed by atoms with Crippen molar-refractivity contribution in [2.75, 3.05) is 13.2 Å². The molecule has 1 atom stereocenters. The Morgan fingerprint density at radius 3 is 2.26 bits per heavy atom. The van der Waals surface area contributed by atoms with E-state index in [9.17, 15) is 14.5 Å². The fourth-order valence-electron chi connectivity index (χ4n) is 2.37.